The summed E-state index contributed by atoms with van der Waals surface area (Å²) in [4.78, 5) is 12.1. The summed E-state index contributed by atoms with van der Waals surface area (Å²) in [5, 5.41) is 11.3. The fraction of sp³-hybridized carbons (Fsp3) is 0.353. The highest BCUT2D eigenvalue weighted by Crippen LogP contribution is 2.30. The Bertz CT molecular complexity index is 965. The van der Waals surface area contributed by atoms with Crippen molar-refractivity contribution in [3.05, 3.63) is 35.9 Å². The number of sulfonamides is 1. The van der Waals surface area contributed by atoms with Gasteiger partial charge in [-0.25, -0.2) is 8.42 Å². The minimum absolute atomic E-state index is 0.130. The average Bonchev–Trinajstić information content (AvgIpc) is 3.09. The zero-order valence-corrected chi connectivity index (χ0v) is 19.1. The lowest BCUT2D eigenvalue weighted by Gasteiger charge is -2.23. The van der Waals surface area contributed by atoms with E-state index in [0.717, 1.165) is 10.6 Å². The van der Waals surface area contributed by atoms with Crippen LogP contribution in [-0.4, -0.2) is 50.2 Å². The molecule has 8 nitrogen and oxygen atoms in total. The van der Waals surface area contributed by atoms with E-state index < -0.39 is 10.0 Å². The van der Waals surface area contributed by atoms with E-state index in [-0.39, 0.29) is 18.9 Å². The Labute approximate surface area is 183 Å². The number of methoxy groups -OCH3 is 1. The molecular weight excluding hydrogens is 456 g/mol. The number of hydrogen-bond acceptors (Lipinski definition) is 8. The average molecular weight is 477 g/mol. The van der Waals surface area contributed by atoms with E-state index in [1.54, 1.807) is 18.2 Å². The molecule has 0 unspecified atom stereocenters. The van der Waals surface area contributed by atoms with Crippen LogP contribution < -0.4 is 14.4 Å². The predicted molar refractivity (Wildman–Crippen MR) is 119 cm³/mol. The molecule has 0 bridgehead atoms. The molecule has 2 aromatic rings. The van der Waals surface area contributed by atoms with Crippen LogP contribution in [0.4, 0.5) is 10.8 Å². The van der Waals surface area contributed by atoms with Gasteiger partial charge in [-0.2, -0.15) is 0 Å². The third-order valence-electron chi connectivity index (χ3n) is 3.57. The normalized spacial score (nSPS) is 11.1. The summed E-state index contributed by atoms with van der Waals surface area (Å²) in [5.41, 5.74) is 0.409. The summed E-state index contributed by atoms with van der Waals surface area (Å²) in [7, 11) is -2.07. The Morgan fingerprint density at radius 3 is 2.83 bits per heavy atom. The van der Waals surface area contributed by atoms with E-state index in [4.69, 9.17) is 16.3 Å². The van der Waals surface area contributed by atoms with Gasteiger partial charge in [0, 0.05) is 18.7 Å². The highest BCUT2D eigenvalue weighted by molar-refractivity contribution is 8.01. The van der Waals surface area contributed by atoms with Gasteiger partial charge in [-0.3, -0.25) is 9.10 Å². The number of nitrogens with one attached hydrogen (secondary N) is 1. The number of hydrogen-bond donors (Lipinski definition) is 1. The first-order chi connectivity index (χ1) is 13.7. The Hall–Kier alpha value is -1.82. The van der Waals surface area contributed by atoms with E-state index in [0.29, 0.717) is 33.8 Å². The van der Waals surface area contributed by atoms with Gasteiger partial charge in [-0.05, 0) is 24.6 Å². The van der Waals surface area contributed by atoms with Gasteiger partial charge in [0.2, 0.25) is 21.1 Å². The van der Waals surface area contributed by atoms with E-state index in [1.807, 2.05) is 0 Å². The number of benzene rings is 1. The second-order valence-electron chi connectivity index (χ2n) is 5.78. The topological polar surface area (TPSA) is 101 Å². The van der Waals surface area contributed by atoms with Gasteiger partial charge in [-0.15, -0.1) is 16.8 Å². The summed E-state index contributed by atoms with van der Waals surface area (Å²) in [5.74, 6) is 0.896. The number of carbonyl (C=O) groups is 1. The molecule has 0 radical (unpaired) electrons. The first kappa shape index (κ1) is 23.5. The highest BCUT2D eigenvalue weighted by atomic mass is 35.5. The number of halogens is 1. The molecular formula is C17H21ClN4O4S3. The van der Waals surface area contributed by atoms with Crippen molar-refractivity contribution in [1.82, 2.24) is 10.2 Å². The van der Waals surface area contributed by atoms with Gasteiger partial charge < -0.3 is 10.1 Å². The summed E-state index contributed by atoms with van der Waals surface area (Å²) >= 11 is 8.85. The molecule has 0 atom stereocenters. The number of thioether (sulfide) groups is 1. The van der Waals surface area contributed by atoms with Crippen molar-refractivity contribution in [2.45, 2.75) is 17.2 Å². The number of amides is 1. The fourth-order valence-electron chi connectivity index (χ4n) is 2.31. The molecule has 158 valence electrons. The van der Waals surface area contributed by atoms with Crippen molar-refractivity contribution in [3.63, 3.8) is 0 Å². The number of nitrogens with zero attached hydrogens (tertiary/aromatic N) is 3. The van der Waals surface area contributed by atoms with Crippen molar-refractivity contribution in [3.8, 4) is 5.75 Å². The zero-order chi connectivity index (χ0) is 21.4. The number of rotatable bonds is 11. The SMILES string of the molecule is C=CCSc1nnc(NC(=O)CCCN(c2ccc(OC)c(Cl)c2)S(C)(=O)=O)s1. The summed E-state index contributed by atoms with van der Waals surface area (Å²) in [6.45, 7) is 3.77. The Morgan fingerprint density at radius 1 is 1.45 bits per heavy atom. The minimum atomic E-state index is -3.55. The van der Waals surface area contributed by atoms with Gasteiger partial charge in [-0.1, -0.05) is 40.8 Å². The predicted octanol–water partition coefficient (Wildman–Crippen LogP) is 3.66. The standard InChI is InChI=1S/C17H21ClN4O4S3/c1-4-10-27-17-21-20-16(28-17)19-15(23)6-5-9-22(29(3,24)25)12-7-8-14(26-2)13(18)11-12/h4,7-8,11H,1,5-6,9-10H2,2-3H3,(H,19,20,23). The third-order valence-corrected chi connectivity index (χ3v) is 7.02. The molecule has 0 saturated heterocycles. The van der Waals surface area contributed by atoms with Crippen molar-refractivity contribution < 1.29 is 17.9 Å². The van der Waals surface area contributed by atoms with Crippen molar-refractivity contribution >= 4 is 61.4 Å². The van der Waals surface area contributed by atoms with E-state index in [1.165, 1.54) is 40.6 Å². The van der Waals surface area contributed by atoms with Crippen molar-refractivity contribution in [1.29, 1.82) is 0 Å². The van der Waals surface area contributed by atoms with E-state index in [2.05, 4.69) is 22.1 Å². The number of aromatic nitrogens is 2. The van der Waals surface area contributed by atoms with Gasteiger partial charge >= 0.3 is 0 Å². The van der Waals surface area contributed by atoms with Gasteiger partial charge in [0.1, 0.15) is 5.75 Å². The second-order valence-corrected chi connectivity index (χ2v) is 10.3. The van der Waals surface area contributed by atoms with Crippen molar-refractivity contribution in [2.75, 3.05) is 35.3 Å². The first-order valence-corrected chi connectivity index (χ1v) is 12.5. The van der Waals surface area contributed by atoms with Gasteiger partial charge in [0.05, 0.1) is 24.1 Å². The van der Waals surface area contributed by atoms with Gasteiger partial charge in [0.15, 0.2) is 4.34 Å². The van der Waals surface area contributed by atoms with E-state index >= 15 is 0 Å². The Balaban J connectivity index is 1.94. The molecule has 2 rings (SSSR count). The molecule has 0 fully saturated rings. The minimum Gasteiger partial charge on any atom is -0.495 e. The fourth-order valence-corrected chi connectivity index (χ4v) is 5.05. The van der Waals surface area contributed by atoms with Crippen LogP contribution in [0.1, 0.15) is 12.8 Å². The highest BCUT2D eigenvalue weighted by Gasteiger charge is 2.19. The summed E-state index contributed by atoms with van der Waals surface area (Å²) in [6.07, 6.45) is 3.31. The number of ether oxygens (including phenoxy) is 1. The molecule has 29 heavy (non-hydrogen) atoms. The molecule has 1 heterocycles. The van der Waals surface area contributed by atoms with Crippen LogP contribution in [0.3, 0.4) is 0 Å². The van der Waals surface area contributed by atoms with Crippen LogP contribution in [0.2, 0.25) is 5.02 Å². The van der Waals surface area contributed by atoms with Crippen molar-refractivity contribution in [2.24, 2.45) is 0 Å². The monoisotopic (exact) mass is 476 g/mol. The lowest BCUT2D eigenvalue weighted by atomic mass is 10.2. The molecule has 1 aromatic carbocycles. The Kier molecular flexibility index (Phi) is 8.75. The maximum absolute atomic E-state index is 12.2. The van der Waals surface area contributed by atoms with Crippen LogP contribution in [0.5, 0.6) is 5.75 Å². The van der Waals surface area contributed by atoms with Crippen LogP contribution in [0.25, 0.3) is 0 Å². The molecule has 12 heteroatoms. The summed E-state index contributed by atoms with van der Waals surface area (Å²) in [6, 6.07) is 4.72. The molecule has 1 N–H and O–H groups in total. The number of anilines is 2. The van der Waals surface area contributed by atoms with Crippen LogP contribution in [-0.2, 0) is 14.8 Å². The maximum Gasteiger partial charge on any atom is 0.232 e. The maximum atomic E-state index is 12.2. The molecule has 0 aliphatic heterocycles. The van der Waals surface area contributed by atoms with Crippen LogP contribution in [0.15, 0.2) is 35.2 Å². The molecule has 0 saturated carbocycles. The zero-order valence-electron chi connectivity index (χ0n) is 15.9. The lowest BCUT2D eigenvalue weighted by Crippen LogP contribution is -2.31. The quantitative estimate of drug-likeness (QED) is 0.300. The van der Waals surface area contributed by atoms with E-state index in [9.17, 15) is 13.2 Å². The smallest absolute Gasteiger partial charge is 0.232 e. The third kappa shape index (κ3) is 7.18. The molecule has 0 aliphatic carbocycles. The molecule has 1 amide bonds. The van der Waals surface area contributed by atoms with Gasteiger partial charge in [0.25, 0.3) is 0 Å². The molecule has 0 spiro atoms. The second kappa shape index (κ2) is 10.8. The Morgan fingerprint density at radius 2 is 2.21 bits per heavy atom. The molecule has 1 aromatic heterocycles. The lowest BCUT2D eigenvalue weighted by molar-refractivity contribution is -0.116. The summed E-state index contributed by atoms with van der Waals surface area (Å²) < 4.78 is 31.4. The largest absolute Gasteiger partial charge is 0.495 e. The van der Waals surface area contributed by atoms with Crippen LogP contribution in [0, 0.1) is 0 Å². The van der Waals surface area contributed by atoms with Crippen LogP contribution >= 0.6 is 34.7 Å². The first-order valence-electron chi connectivity index (χ1n) is 8.43. The molecule has 0 aliphatic rings. The number of carbonyl (C=O) groups excluding carboxylic acids is 1.